The first-order valence-corrected chi connectivity index (χ1v) is 11.4. The summed E-state index contributed by atoms with van der Waals surface area (Å²) in [5, 5.41) is 6.00. The van der Waals surface area contributed by atoms with Gasteiger partial charge in [-0.2, -0.15) is 0 Å². The molecule has 1 saturated carbocycles. The summed E-state index contributed by atoms with van der Waals surface area (Å²) in [4.78, 5) is 25.4. The van der Waals surface area contributed by atoms with Crippen molar-refractivity contribution >= 4 is 17.5 Å². The number of hydrogen-bond acceptors (Lipinski definition) is 4. The number of amides is 2. The molecule has 1 aliphatic rings. The van der Waals surface area contributed by atoms with Crippen LogP contribution in [0.5, 0.6) is 11.5 Å². The summed E-state index contributed by atoms with van der Waals surface area (Å²) in [6.45, 7) is 5.84. The number of hydrogen-bond donors (Lipinski definition) is 2. The summed E-state index contributed by atoms with van der Waals surface area (Å²) in [7, 11) is 1.60. The molecule has 0 aromatic heterocycles. The Morgan fingerprint density at radius 2 is 1.72 bits per heavy atom. The Balaban J connectivity index is 1.65. The lowest BCUT2D eigenvalue weighted by molar-refractivity contribution is -0.120. The Labute approximate surface area is 190 Å². The molecular weight excluding hydrogens is 404 g/mol. The number of nitrogens with one attached hydrogen (secondary N) is 2. The van der Waals surface area contributed by atoms with Crippen molar-refractivity contribution in [2.24, 2.45) is 5.92 Å². The fourth-order valence-electron chi connectivity index (χ4n) is 4.02. The van der Waals surface area contributed by atoms with Gasteiger partial charge in [0.1, 0.15) is 0 Å². The van der Waals surface area contributed by atoms with Gasteiger partial charge in [0.05, 0.1) is 19.3 Å². The van der Waals surface area contributed by atoms with Gasteiger partial charge in [-0.25, -0.2) is 0 Å². The van der Waals surface area contributed by atoms with E-state index in [0.717, 1.165) is 31.2 Å². The summed E-state index contributed by atoms with van der Waals surface area (Å²) in [6, 6.07) is 12.5. The molecule has 1 aliphatic carbocycles. The average Bonchev–Trinajstić information content (AvgIpc) is 2.79. The zero-order valence-corrected chi connectivity index (χ0v) is 19.4. The van der Waals surface area contributed by atoms with Gasteiger partial charge in [0.25, 0.3) is 5.91 Å². The second kappa shape index (κ2) is 11.0. The Morgan fingerprint density at radius 3 is 2.41 bits per heavy atom. The van der Waals surface area contributed by atoms with Crippen LogP contribution in [-0.4, -0.2) is 25.0 Å². The Morgan fingerprint density at radius 1 is 0.969 bits per heavy atom. The van der Waals surface area contributed by atoms with E-state index in [4.69, 9.17) is 9.47 Å². The molecule has 0 radical (unpaired) electrons. The lowest BCUT2D eigenvalue weighted by Crippen LogP contribution is -2.27. The molecule has 32 heavy (non-hydrogen) atoms. The monoisotopic (exact) mass is 438 g/mol. The molecule has 0 bridgehead atoms. The van der Waals surface area contributed by atoms with Gasteiger partial charge in [0, 0.05) is 17.2 Å². The standard InChI is InChI=1S/C26H34N2O4/c1-17(2)32-23-14-13-20(16-24(23)31-4)18(3)27-26(30)21-11-8-12-22(15-21)28-25(29)19-9-6-5-7-10-19/h8,11-19H,5-7,9-10H2,1-4H3,(H,27,30)(H,28,29). The first-order valence-electron chi connectivity index (χ1n) is 11.4. The first-order chi connectivity index (χ1) is 15.4. The molecule has 2 aromatic rings. The molecule has 1 atom stereocenters. The fraction of sp³-hybridized carbons (Fsp3) is 0.462. The van der Waals surface area contributed by atoms with Crippen LogP contribution in [0.1, 0.15) is 74.8 Å². The molecule has 6 nitrogen and oxygen atoms in total. The molecule has 1 fully saturated rings. The maximum atomic E-state index is 12.9. The van der Waals surface area contributed by atoms with E-state index in [1.165, 1.54) is 6.42 Å². The van der Waals surface area contributed by atoms with Crippen molar-refractivity contribution in [2.75, 3.05) is 12.4 Å². The minimum Gasteiger partial charge on any atom is -0.493 e. The highest BCUT2D eigenvalue weighted by atomic mass is 16.5. The molecule has 0 spiro atoms. The van der Waals surface area contributed by atoms with Gasteiger partial charge in [-0.05, 0) is 69.5 Å². The number of carbonyl (C=O) groups is 2. The molecule has 6 heteroatoms. The predicted octanol–water partition coefficient (Wildman–Crippen LogP) is 5.49. The van der Waals surface area contributed by atoms with Crippen LogP contribution in [0.3, 0.4) is 0 Å². The van der Waals surface area contributed by atoms with Crippen molar-refractivity contribution in [3.63, 3.8) is 0 Å². The van der Waals surface area contributed by atoms with Gasteiger partial charge >= 0.3 is 0 Å². The third-order valence-corrected chi connectivity index (χ3v) is 5.77. The minimum atomic E-state index is -0.231. The van der Waals surface area contributed by atoms with Gasteiger partial charge < -0.3 is 20.1 Å². The molecule has 172 valence electrons. The summed E-state index contributed by atoms with van der Waals surface area (Å²) < 4.78 is 11.2. The topological polar surface area (TPSA) is 76.7 Å². The van der Waals surface area contributed by atoms with Gasteiger partial charge in [-0.1, -0.05) is 31.4 Å². The van der Waals surface area contributed by atoms with Crippen LogP contribution < -0.4 is 20.1 Å². The van der Waals surface area contributed by atoms with Crippen LogP contribution in [0.4, 0.5) is 5.69 Å². The molecule has 1 unspecified atom stereocenters. The molecular formula is C26H34N2O4. The van der Waals surface area contributed by atoms with Crippen LogP contribution in [-0.2, 0) is 4.79 Å². The van der Waals surface area contributed by atoms with Crippen LogP contribution in [0, 0.1) is 5.92 Å². The largest absolute Gasteiger partial charge is 0.493 e. The number of carbonyl (C=O) groups excluding carboxylic acids is 2. The minimum absolute atomic E-state index is 0.0396. The smallest absolute Gasteiger partial charge is 0.251 e. The lowest BCUT2D eigenvalue weighted by atomic mass is 9.88. The van der Waals surface area contributed by atoms with E-state index >= 15 is 0 Å². The number of anilines is 1. The van der Waals surface area contributed by atoms with Crippen LogP contribution in [0.15, 0.2) is 42.5 Å². The number of rotatable bonds is 8. The van der Waals surface area contributed by atoms with Crippen LogP contribution in [0.2, 0.25) is 0 Å². The highest BCUT2D eigenvalue weighted by molar-refractivity contribution is 5.97. The van der Waals surface area contributed by atoms with Gasteiger partial charge in [-0.15, -0.1) is 0 Å². The van der Waals surface area contributed by atoms with E-state index in [-0.39, 0.29) is 29.9 Å². The maximum Gasteiger partial charge on any atom is 0.251 e. The van der Waals surface area contributed by atoms with Crippen LogP contribution >= 0.6 is 0 Å². The molecule has 2 N–H and O–H groups in total. The Kier molecular flexibility index (Phi) is 8.14. The predicted molar refractivity (Wildman–Crippen MR) is 126 cm³/mol. The van der Waals surface area contributed by atoms with Crippen molar-refractivity contribution in [1.29, 1.82) is 0 Å². The molecule has 3 rings (SSSR count). The fourth-order valence-corrected chi connectivity index (χ4v) is 4.02. The van der Waals surface area contributed by atoms with E-state index < -0.39 is 0 Å². The summed E-state index contributed by atoms with van der Waals surface area (Å²) in [5.41, 5.74) is 2.07. The quantitative estimate of drug-likeness (QED) is 0.571. The van der Waals surface area contributed by atoms with Gasteiger partial charge in [-0.3, -0.25) is 9.59 Å². The van der Waals surface area contributed by atoms with E-state index in [0.29, 0.717) is 22.7 Å². The van der Waals surface area contributed by atoms with Crippen molar-refractivity contribution in [3.8, 4) is 11.5 Å². The van der Waals surface area contributed by atoms with Crippen molar-refractivity contribution in [3.05, 3.63) is 53.6 Å². The first kappa shape index (κ1) is 23.6. The summed E-state index contributed by atoms with van der Waals surface area (Å²) >= 11 is 0. The average molecular weight is 439 g/mol. The highest BCUT2D eigenvalue weighted by Gasteiger charge is 2.21. The van der Waals surface area contributed by atoms with Gasteiger partial charge in [0.15, 0.2) is 11.5 Å². The Bertz CT molecular complexity index is 935. The zero-order chi connectivity index (χ0) is 23.1. The zero-order valence-electron chi connectivity index (χ0n) is 19.4. The number of ether oxygens (including phenoxy) is 2. The van der Waals surface area contributed by atoms with Crippen molar-refractivity contribution in [2.45, 2.75) is 65.0 Å². The lowest BCUT2D eigenvalue weighted by Gasteiger charge is -2.21. The highest BCUT2D eigenvalue weighted by Crippen LogP contribution is 2.31. The van der Waals surface area contributed by atoms with E-state index in [1.807, 2.05) is 45.0 Å². The normalized spacial score (nSPS) is 15.2. The maximum absolute atomic E-state index is 12.9. The second-order valence-electron chi connectivity index (χ2n) is 8.68. The van der Waals surface area contributed by atoms with E-state index in [9.17, 15) is 9.59 Å². The van der Waals surface area contributed by atoms with Crippen molar-refractivity contribution < 1.29 is 19.1 Å². The molecule has 2 amide bonds. The van der Waals surface area contributed by atoms with Crippen LogP contribution in [0.25, 0.3) is 0 Å². The number of benzene rings is 2. The third-order valence-electron chi connectivity index (χ3n) is 5.77. The molecule has 0 aliphatic heterocycles. The van der Waals surface area contributed by atoms with Crippen molar-refractivity contribution in [1.82, 2.24) is 5.32 Å². The Hall–Kier alpha value is -3.02. The molecule has 2 aromatic carbocycles. The second-order valence-corrected chi connectivity index (χ2v) is 8.68. The van der Waals surface area contributed by atoms with E-state index in [1.54, 1.807) is 25.3 Å². The third kappa shape index (κ3) is 6.25. The summed E-state index contributed by atoms with van der Waals surface area (Å²) in [5.74, 6) is 1.22. The number of methoxy groups -OCH3 is 1. The summed E-state index contributed by atoms with van der Waals surface area (Å²) in [6.07, 6.45) is 5.33. The SMILES string of the molecule is COc1cc(C(C)NC(=O)c2cccc(NC(=O)C3CCCCC3)c2)ccc1OC(C)C. The van der Waals surface area contributed by atoms with Gasteiger partial charge in [0.2, 0.25) is 5.91 Å². The molecule has 0 heterocycles. The molecule has 0 saturated heterocycles. The van der Waals surface area contributed by atoms with E-state index in [2.05, 4.69) is 10.6 Å².